The first kappa shape index (κ1) is 10.7. The molecule has 1 N–H and O–H groups in total. The van der Waals surface area contributed by atoms with Crippen molar-refractivity contribution in [3.63, 3.8) is 0 Å². The maximum atomic E-state index is 9.16. The molecule has 0 aliphatic carbocycles. The van der Waals surface area contributed by atoms with Crippen molar-refractivity contribution >= 4 is 15.9 Å². The Hall–Kier alpha value is -1.28. The number of nitrogens with zero attached hydrogens (tertiary/aromatic N) is 2. The Morgan fingerprint density at radius 2 is 2.25 bits per heavy atom. The molecule has 0 unspecified atom stereocenters. The molecule has 1 aromatic rings. The number of methoxy groups -OCH3 is 1. The van der Waals surface area contributed by atoms with Gasteiger partial charge < -0.3 is 9.84 Å². The number of nitriles is 1. The van der Waals surface area contributed by atoms with Gasteiger partial charge in [0.05, 0.1) is 7.11 Å². The Labute approximate surface area is 78.6 Å². The quantitative estimate of drug-likeness (QED) is 0.747. The molecule has 0 atom stereocenters. The molecule has 0 aromatic carbocycles. The average Bonchev–Trinajstić information content (AvgIpc) is 2.13. The second-order valence-corrected chi connectivity index (χ2v) is 2.40. The van der Waals surface area contributed by atoms with Gasteiger partial charge in [-0.15, -0.1) is 0 Å². The fourth-order valence-electron chi connectivity index (χ4n) is 0.577. The maximum absolute atomic E-state index is 9.16. The lowest BCUT2D eigenvalue weighted by atomic mass is 10.4. The summed E-state index contributed by atoms with van der Waals surface area (Å²) in [6.45, 7) is 3.50. The Morgan fingerprint density at radius 3 is 2.67 bits per heavy atom. The largest absolute Gasteiger partial charge is 0.502 e. The number of hydrogen-bond acceptors (Lipinski definition) is 4. The van der Waals surface area contributed by atoms with Crippen LogP contribution in [0.3, 0.4) is 0 Å². The van der Waals surface area contributed by atoms with E-state index >= 15 is 0 Å². The molecule has 0 saturated heterocycles. The molecule has 1 heterocycles. The molecule has 0 radical (unpaired) electrons. The summed E-state index contributed by atoms with van der Waals surface area (Å²) in [7, 11) is 1.49. The first-order valence-electron chi connectivity index (χ1n) is 2.89. The van der Waals surface area contributed by atoms with E-state index in [0.717, 1.165) is 0 Å². The lowest BCUT2D eigenvalue weighted by molar-refractivity contribution is 0.370. The number of pyridine rings is 1. The van der Waals surface area contributed by atoms with E-state index in [0.29, 0.717) is 10.4 Å². The van der Waals surface area contributed by atoms with E-state index in [9.17, 15) is 0 Å². The van der Waals surface area contributed by atoms with E-state index < -0.39 is 0 Å². The lowest BCUT2D eigenvalue weighted by Crippen LogP contribution is -1.84. The molecule has 0 saturated carbocycles. The number of ether oxygens (including phenoxy) is 1. The minimum atomic E-state index is 0.0324. The number of aromatic nitrogens is 1. The highest BCUT2D eigenvalue weighted by molar-refractivity contribution is 9.10. The van der Waals surface area contributed by atoms with E-state index in [4.69, 9.17) is 15.1 Å². The van der Waals surface area contributed by atoms with Gasteiger partial charge in [0.25, 0.3) is 0 Å². The van der Waals surface area contributed by atoms with Gasteiger partial charge in [0.15, 0.2) is 16.1 Å². The molecule has 1 aromatic heterocycles. The zero-order valence-corrected chi connectivity index (χ0v) is 7.95. The molecule has 0 spiro atoms. The van der Waals surface area contributed by atoms with Crippen LogP contribution in [0.2, 0.25) is 0 Å². The Kier molecular flexibility index (Phi) is 4.81. The highest BCUT2D eigenvalue weighted by Crippen LogP contribution is 2.30. The minimum Gasteiger partial charge on any atom is -0.502 e. The third-order valence-electron chi connectivity index (χ3n) is 1.06. The van der Waals surface area contributed by atoms with Gasteiger partial charge in [-0.3, -0.25) is 0 Å². The second kappa shape index (κ2) is 5.38. The second-order valence-electron chi connectivity index (χ2n) is 1.65. The Morgan fingerprint density at radius 1 is 1.67 bits per heavy atom. The lowest BCUT2D eigenvalue weighted by Gasteiger charge is -2.01. The van der Waals surface area contributed by atoms with Crippen molar-refractivity contribution in [3.8, 4) is 18.1 Å². The summed E-state index contributed by atoms with van der Waals surface area (Å²) in [5, 5.41) is 15.7. The van der Waals surface area contributed by atoms with Gasteiger partial charge in [-0.05, 0) is 15.9 Å². The number of rotatable bonds is 1. The molecule has 12 heavy (non-hydrogen) atoms. The van der Waals surface area contributed by atoms with Crippen molar-refractivity contribution in [1.29, 1.82) is 5.26 Å². The summed E-state index contributed by atoms with van der Waals surface area (Å²) in [4.78, 5) is 3.77. The highest BCUT2D eigenvalue weighted by atomic mass is 79.9. The standard InChI is InChI=1S/C6H6BrNO2.CHN/c1-10-4-2-3-8-6(7)5(4)9;1-2/h2-3,9H,1H3;1H. The van der Waals surface area contributed by atoms with E-state index in [2.05, 4.69) is 27.5 Å². The number of halogens is 1. The van der Waals surface area contributed by atoms with Gasteiger partial charge in [0.1, 0.15) is 0 Å². The van der Waals surface area contributed by atoms with Gasteiger partial charge in [0, 0.05) is 18.8 Å². The summed E-state index contributed by atoms with van der Waals surface area (Å²) in [6.07, 6.45) is 1.54. The molecule has 64 valence electrons. The highest BCUT2D eigenvalue weighted by Gasteiger charge is 2.03. The first-order chi connectivity index (χ1) is 5.75. The number of aromatic hydroxyl groups is 1. The van der Waals surface area contributed by atoms with Crippen molar-refractivity contribution in [1.82, 2.24) is 4.98 Å². The van der Waals surface area contributed by atoms with Gasteiger partial charge in [-0.1, -0.05) is 0 Å². The topological polar surface area (TPSA) is 66.1 Å². The third kappa shape index (κ3) is 2.40. The fourth-order valence-corrected chi connectivity index (χ4v) is 0.890. The maximum Gasteiger partial charge on any atom is 0.191 e. The first-order valence-corrected chi connectivity index (χ1v) is 3.68. The predicted molar refractivity (Wildman–Crippen MR) is 46.8 cm³/mol. The van der Waals surface area contributed by atoms with E-state index in [1.165, 1.54) is 7.11 Å². The van der Waals surface area contributed by atoms with Gasteiger partial charge in [0.2, 0.25) is 0 Å². The summed E-state index contributed by atoms with van der Waals surface area (Å²) in [5.74, 6) is 0.451. The summed E-state index contributed by atoms with van der Waals surface area (Å²) in [5.41, 5.74) is 0. The van der Waals surface area contributed by atoms with Gasteiger partial charge in [-0.25, -0.2) is 10.2 Å². The SMILES string of the molecule is C#N.COc1ccnc(Br)c1O. The molecule has 0 amide bonds. The summed E-state index contributed by atoms with van der Waals surface area (Å²) >= 11 is 3.05. The predicted octanol–water partition coefficient (Wildman–Crippen LogP) is 1.70. The van der Waals surface area contributed by atoms with Crippen LogP contribution in [0.1, 0.15) is 0 Å². The number of hydrogen-bond donors (Lipinski definition) is 1. The van der Waals surface area contributed by atoms with Crippen LogP contribution in [0.5, 0.6) is 11.5 Å². The minimum absolute atomic E-state index is 0.0324. The fraction of sp³-hybridized carbons (Fsp3) is 0.143. The normalized spacial score (nSPS) is 8.00. The van der Waals surface area contributed by atoms with Crippen molar-refractivity contribution in [2.75, 3.05) is 7.11 Å². The molecule has 0 bridgehead atoms. The summed E-state index contributed by atoms with van der Waals surface area (Å²) in [6, 6.07) is 1.58. The van der Waals surface area contributed by atoms with Gasteiger partial charge >= 0.3 is 0 Å². The molecular weight excluding hydrogens is 224 g/mol. The molecule has 4 nitrogen and oxygen atoms in total. The Bertz CT molecular complexity index is 275. The molecule has 0 aliphatic heterocycles. The van der Waals surface area contributed by atoms with Crippen LogP contribution in [-0.2, 0) is 0 Å². The van der Waals surface area contributed by atoms with Crippen LogP contribution in [0, 0.1) is 11.8 Å². The van der Waals surface area contributed by atoms with Crippen molar-refractivity contribution in [3.05, 3.63) is 16.9 Å². The van der Waals surface area contributed by atoms with Crippen molar-refractivity contribution < 1.29 is 9.84 Å². The Balaban J connectivity index is 0.000000561. The van der Waals surface area contributed by atoms with E-state index in [1.807, 2.05) is 0 Å². The zero-order valence-electron chi connectivity index (χ0n) is 6.36. The van der Waals surface area contributed by atoms with Crippen LogP contribution < -0.4 is 4.74 Å². The van der Waals surface area contributed by atoms with Crippen molar-refractivity contribution in [2.24, 2.45) is 0 Å². The molecule has 0 aliphatic rings. The summed E-state index contributed by atoms with van der Waals surface area (Å²) < 4.78 is 5.20. The van der Waals surface area contributed by atoms with Crippen LogP contribution in [0.25, 0.3) is 0 Å². The van der Waals surface area contributed by atoms with Crippen LogP contribution in [0.15, 0.2) is 16.9 Å². The van der Waals surface area contributed by atoms with Crippen molar-refractivity contribution in [2.45, 2.75) is 0 Å². The monoisotopic (exact) mass is 230 g/mol. The molecular formula is C7H7BrN2O2. The average molecular weight is 231 g/mol. The van der Waals surface area contributed by atoms with Crippen LogP contribution >= 0.6 is 15.9 Å². The van der Waals surface area contributed by atoms with E-state index in [-0.39, 0.29) is 5.75 Å². The van der Waals surface area contributed by atoms with Crippen LogP contribution in [0.4, 0.5) is 0 Å². The van der Waals surface area contributed by atoms with Gasteiger partial charge in [-0.2, -0.15) is 0 Å². The third-order valence-corrected chi connectivity index (χ3v) is 1.64. The smallest absolute Gasteiger partial charge is 0.191 e. The zero-order chi connectivity index (χ0) is 9.56. The molecule has 1 rings (SSSR count). The van der Waals surface area contributed by atoms with Crippen LogP contribution in [-0.4, -0.2) is 17.2 Å². The molecule has 0 fully saturated rings. The molecule has 5 heteroatoms. The van der Waals surface area contributed by atoms with E-state index in [1.54, 1.807) is 12.3 Å².